The molecule has 18 heteroatoms. The van der Waals surface area contributed by atoms with Crippen LogP contribution in [0.5, 0.6) is 0 Å². The van der Waals surface area contributed by atoms with E-state index in [2.05, 4.69) is 19.9 Å². The van der Waals surface area contributed by atoms with Crippen LogP contribution in [0.2, 0.25) is 0 Å². The van der Waals surface area contributed by atoms with Crippen LogP contribution in [0.15, 0.2) is 85.7 Å². The number of nitro benzene ring substituents is 2. The third-order valence-electron chi connectivity index (χ3n) is 4.36. The Hall–Kier alpha value is -6.72. The Labute approximate surface area is 235 Å². The minimum absolute atomic E-state index is 0.0556. The monoisotopic (exact) mass is 578 g/mol. The van der Waals surface area contributed by atoms with Crippen molar-refractivity contribution in [2.24, 2.45) is 22.9 Å². The van der Waals surface area contributed by atoms with E-state index >= 15 is 0 Å². The average Bonchev–Trinajstić information content (AvgIpc) is 2.99. The van der Waals surface area contributed by atoms with Crippen LogP contribution in [-0.2, 0) is 0 Å². The molecule has 4 aromatic rings. The fourth-order valence-electron chi connectivity index (χ4n) is 2.35. The number of rotatable bonds is 6. The van der Waals surface area contributed by atoms with Gasteiger partial charge >= 0.3 is 0 Å². The van der Waals surface area contributed by atoms with Crippen LogP contribution in [0.25, 0.3) is 0 Å². The predicted molar refractivity (Wildman–Crippen MR) is 144 cm³/mol. The summed E-state index contributed by atoms with van der Waals surface area (Å²) in [5.74, 6) is -2.29. The van der Waals surface area contributed by atoms with Crippen LogP contribution < -0.4 is 22.9 Å². The van der Waals surface area contributed by atoms with E-state index in [0.717, 1.165) is 0 Å². The van der Waals surface area contributed by atoms with Gasteiger partial charge in [-0.15, -0.1) is 0 Å². The van der Waals surface area contributed by atoms with Gasteiger partial charge in [0.25, 0.3) is 23.2 Å². The molecule has 216 valence electrons. The summed E-state index contributed by atoms with van der Waals surface area (Å²) in [5.41, 5.74) is 20.4. The molecule has 0 aliphatic carbocycles. The number of benzene rings is 2. The summed E-state index contributed by atoms with van der Waals surface area (Å²) in [5, 5.41) is 20.3. The van der Waals surface area contributed by atoms with E-state index in [1.807, 2.05) is 0 Å². The minimum Gasteiger partial charge on any atom is -0.366 e. The van der Waals surface area contributed by atoms with E-state index in [0.29, 0.717) is 0 Å². The van der Waals surface area contributed by atoms with Crippen molar-refractivity contribution in [3.63, 3.8) is 0 Å². The van der Waals surface area contributed by atoms with E-state index in [1.165, 1.54) is 85.7 Å². The van der Waals surface area contributed by atoms with Gasteiger partial charge in [-0.3, -0.25) is 49.4 Å². The number of nitro groups is 2. The Morgan fingerprint density at radius 3 is 1.00 bits per heavy atom. The molecule has 0 atom stereocenters. The van der Waals surface area contributed by atoms with E-state index < -0.39 is 33.5 Å². The maximum absolute atomic E-state index is 10.5. The van der Waals surface area contributed by atoms with E-state index in [1.54, 1.807) is 0 Å². The van der Waals surface area contributed by atoms with Gasteiger partial charge in [-0.25, -0.2) is 9.97 Å². The molecule has 0 radical (unpaired) electrons. The van der Waals surface area contributed by atoms with Crippen molar-refractivity contribution in [3.05, 3.63) is 128 Å². The average molecular weight is 579 g/mol. The summed E-state index contributed by atoms with van der Waals surface area (Å²) in [6.07, 6.45) is 8.43. The maximum atomic E-state index is 10.5. The van der Waals surface area contributed by atoms with Crippen LogP contribution >= 0.6 is 0 Å². The largest absolute Gasteiger partial charge is 0.366 e. The van der Waals surface area contributed by atoms with E-state index in [4.69, 9.17) is 22.9 Å². The summed E-state index contributed by atoms with van der Waals surface area (Å²) in [6, 6.07) is 10.2. The van der Waals surface area contributed by atoms with Crippen molar-refractivity contribution in [2.75, 3.05) is 0 Å². The van der Waals surface area contributed by atoms with Gasteiger partial charge in [0.05, 0.1) is 22.2 Å². The highest BCUT2D eigenvalue weighted by molar-refractivity contribution is 5.93. The zero-order valence-corrected chi connectivity index (χ0v) is 21.3. The zero-order chi connectivity index (χ0) is 31.7. The molecule has 0 spiro atoms. The number of carbonyl (C=O) groups is 4. The molecule has 0 unspecified atom stereocenters. The van der Waals surface area contributed by atoms with Crippen molar-refractivity contribution >= 4 is 35.0 Å². The molecule has 18 nitrogen and oxygen atoms in total. The first kappa shape index (κ1) is 33.3. The predicted octanol–water partition coefficient (Wildman–Crippen LogP) is 0.538. The molecule has 4 amide bonds. The van der Waals surface area contributed by atoms with Gasteiger partial charge in [0, 0.05) is 60.2 Å². The molecule has 0 aliphatic heterocycles. The molecule has 0 bridgehead atoms. The number of non-ortho nitro benzene ring substituents is 2. The van der Waals surface area contributed by atoms with Gasteiger partial charge in [-0.05, 0) is 24.3 Å². The number of hydrogen-bond donors (Lipinski definition) is 4. The first-order chi connectivity index (χ1) is 19.8. The van der Waals surface area contributed by atoms with Gasteiger partial charge in [-0.1, -0.05) is 0 Å². The van der Waals surface area contributed by atoms with E-state index in [9.17, 15) is 39.4 Å². The third kappa shape index (κ3) is 12.2. The second-order valence-electron chi connectivity index (χ2n) is 7.25. The van der Waals surface area contributed by atoms with Crippen molar-refractivity contribution in [2.45, 2.75) is 0 Å². The second-order valence-corrected chi connectivity index (χ2v) is 7.25. The molecule has 2 aromatic carbocycles. The van der Waals surface area contributed by atoms with Gasteiger partial charge in [0.1, 0.15) is 11.4 Å². The molecule has 2 aromatic heterocycles. The smallest absolute Gasteiger partial charge is 0.269 e. The number of amides is 4. The summed E-state index contributed by atoms with van der Waals surface area (Å²) in [6.45, 7) is 0. The quantitative estimate of drug-likeness (QED) is 0.180. The Morgan fingerprint density at radius 1 is 0.524 bits per heavy atom. The number of nitrogens with two attached hydrogens (primary N) is 4. The van der Waals surface area contributed by atoms with Crippen molar-refractivity contribution in [1.82, 2.24) is 19.9 Å². The lowest BCUT2D eigenvalue weighted by molar-refractivity contribution is -0.385. The molecular weight excluding hydrogens is 556 g/mol. The van der Waals surface area contributed by atoms with Crippen LogP contribution in [0.1, 0.15) is 41.7 Å². The van der Waals surface area contributed by atoms with Crippen LogP contribution in [0, 0.1) is 20.2 Å². The molecule has 0 aliphatic rings. The Balaban J connectivity index is 0.000000283. The van der Waals surface area contributed by atoms with Gasteiger partial charge in [0.2, 0.25) is 11.8 Å². The number of aromatic nitrogens is 4. The minimum atomic E-state index is -0.593. The number of hydrogen-bond acceptors (Lipinski definition) is 12. The SMILES string of the molecule is NC(=O)c1ccc([N+](=O)[O-])cc1.NC(=O)c1ccc([N+](=O)[O-])cc1.NC(=O)c1cnccn1.NC(=O)c1cnccn1. The van der Waals surface area contributed by atoms with Crippen molar-refractivity contribution in [1.29, 1.82) is 0 Å². The van der Waals surface area contributed by atoms with Gasteiger partial charge in [-0.2, -0.15) is 0 Å². The van der Waals surface area contributed by atoms with Crippen LogP contribution in [0.3, 0.4) is 0 Å². The summed E-state index contributed by atoms with van der Waals surface area (Å²) < 4.78 is 0. The lowest BCUT2D eigenvalue weighted by Crippen LogP contribution is -2.12. The Morgan fingerprint density at radius 2 is 0.833 bits per heavy atom. The van der Waals surface area contributed by atoms with Gasteiger partial charge in [0.15, 0.2) is 0 Å². The normalized spacial score (nSPS) is 9.14. The maximum Gasteiger partial charge on any atom is 0.269 e. The third-order valence-corrected chi connectivity index (χ3v) is 4.36. The highest BCUT2D eigenvalue weighted by Crippen LogP contribution is 2.11. The molecule has 0 saturated heterocycles. The number of primary amides is 4. The second kappa shape index (κ2) is 17.0. The number of carbonyl (C=O) groups excluding carboxylic acids is 4. The molecule has 42 heavy (non-hydrogen) atoms. The fourth-order valence-corrected chi connectivity index (χ4v) is 2.35. The highest BCUT2D eigenvalue weighted by Gasteiger charge is 2.06. The van der Waals surface area contributed by atoms with Crippen LogP contribution in [0.4, 0.5) is 11.4 Å². The van der Waals surface area contributed by atoms with Crippen molar-refractivity contribution in [3.8, 4) is 0 Å². The first-order valence-electron chi connectivity index (χ1n) is 11.0. The fraction of sp³-hybridized carbons (Fsp3) is 0. The first-order valence-corrected chi connectivity index (χ1v) is 11.0. The Kier molecular flexibility index (Phi) is 13.5. The Bertz CT molecular complexity index is 1340. The van der Waals surface area contributed by atoms with Crippen molar-refractivity contribution < 1.29 is 29.0 Å². The molecule has 0 fully saturated rings. The molecular formula is C24H22N10O8. The topological polar surface area (TPSA) is 310 Å². The lowest BCUT2D eigenvalue weighted by Gasteiger charge is -1.93. The lowest BCUT2D eigenvalue weighted by atomic mass is 10.2. The molecule has 0 saturated carbocycles. The van der Waals surface area contributed by atoms with Gasteiger partial charge < -0.3 is 22.9 Å². The van der Waals surface area contributed by atoms with Crippen LogP contribution in [-0.4, -0.2) is 53.4 Å². The highest BCUT2D eigenvalue weighted by atomic mass is 16.6. The standard InChI is InChI=1S/2C7H6N2O3.2C5H5N3O/c2*8-7(10)5-1-3-6(4-2-5)9(11)12;2*6-5(9)4-3-7-1-2-8-4/h2*1-4H,(H2,8,10);2*1-3H,(H2,6,9). The van der Waals surface area contributed by atoms with E-state index in [-0.39, 0.29) is 33.9 Å². The molecule has 2 heterocycles. The molecule has 4 rings (SSSR count). The summed E-state index contributed by atoms with van der Waals surface area (Å²) in [7, 11) is 0. The summed E-state index contributed by atoms with van der Waals surface area (Å²) >= 11 is 0. The number of nitrogens with zero attached hydrogens (tertiary/aromatic N) is 6. The molecule has 8 N–H and O–H groups in total. The zero-order valence-electron chi connectivity index (χ0n) is 21.3. The summed E-state index contributed by atoms with van der Waals surface area (Å²) in [4.78, 5) is 75.5.